The van der Waals surface area contributed by atoms with Gasteiger partial charge in [-0.2, -0.15) is 0 Å². The van der Waals surface area contributed by atoms with Crippen LogP contribution in [0.25, 0.3) is 0 Å². The number of aliphatic hydroxyl groups is 1. The Morgan fingerprint density at radius 2 is 1.77 bits per heavy atom. The summed E-state index contributed by atoms with van der Waals surface area (Å²) in [6, 6.07) is -2.72. The number of esters is 1. The number of hydrogen-bond acceptors (Lipinski definition) is 8. The van der Waals surface area contributed by atoms with Gasteiger partial charge in [-0.05, 0) is 50.9 Å². The van der Waals surface area contributed by atoms with Crippen molar-refractivity contribution in [1.29, 1.82) is 0 Å². The molecule has 1 rings (SSSR count). The van der Waals surface area contributed by atoms with E-state index in [1.54, 1.807) is 12.2 Å². The summed E-state index contributed by atoms with van der Waals surface area (Å²) in [4.78, 5) is 64.2. The number of hydrogen-bond donors (Lipinski definition) is 4. The van der Waals surface area contributed by atoms with Gasteiger partial charge in [0.2, 0.25) is 11.8 Å². The molecule has 39 heavy (non-hydrogen) atoms. The quantitative estimate of drug-likeness (QED) is 0.119. The minimum Gasteiger partial charge on any atom is -0.468 e. The fourth-order valence-corrected chi connectivity index (χ4v) is 4.06. The van der Waals surface area contributed by atoms with Gasteiger partial charge in [-0.15, -0.1) is 13.2 Å². The number of unbranched alkanes of at least 4 members (excludes halogenated alkanes) is 1. The van der Waals surface area contributed by atoms with Crippen LogP contribution in [0.4, 0.5) is 4.79 Å². The molecule has 1 aliphatic heterocycles. The SMILES string of the molecule is C=CCCC[C@H](NC(=O)[C@@H]1CCCN1C(=O)[C@H](CCC=C)NC(=O)OCC(C)C)C(O)C(=O)NCC(=O)OC. The van der Waals surface area contributed by atoms with E-state index in [1.165, 1.54) is 12.0 Å². The maximum atomic E-state index is 13.4. The Bertz CT molecular complexity index is 863. The van der Waals surface area contributed by atoms with Gasteiger partial charge in [-0.1, -0.05) is 26.0 Å². The van der Waals surface area contributed by atoms with Gasteiger partial charge in [0.25, 0.3) is 5.91 Å². The molecule has 0 radical (unpaired) electrons. The summed E-state index contributed by atoms with van der Waals surface area (Å²) in [5.74, 6) is -2.33. The maximum Gasteiger partial charge on any atom is 0.407 e. The molecule has 4 atom stereocenters. The molecular weight excluding hydrogens is 508 g/mol. The number of ether oxygens (including phenoxy) is 2. The number of methoxy groups -OCH3 is 1. The molecule has 1 aliphatic rings. The molecule has 0 aliphatic carbocycles. The summed E-state index contributed by atoms with van der Waals surface area (Å²) in [7, 11) is 1.17. The molecule has 1 fully saturated rings. The maximum absolute atomic E-state index is 13.4. The number of carbonyl (C=O) groups excluding carboxylic acids is 5. The molecule has 1 saturated heterocycles. The molecule has 1 unspecified atom stereocenters. The Hall–Kier alpha value is -3.41. The lowest BCUT2D eigenvalue weighted by Gasteiger charge is -2.30. The highest BCUT2D eigenvalue weighted by Crippen LogP contribution is 2.21. The molecule has 0 bridgehead atoms. The number of rotatable bonds is 17. The van der Waals surface area contributed by atoms with Crippen LogP contribution < -0.4 is 16.0 Å². The van der Waals surface area contributed by atoms with Gasteiger partial charge < -0.3 is 35.4 Å². The van der Waals surface area contributed by atoms with Crippen LogP contribution >= 0.6 is 0 Å². The van der Waals surface area contributed by atoms with E-state index in [9.17, 15) is 29.1 Å². The Morgan fingerprint density at radius 1 is 1.08 bits per heavy atom. The number of allylic oxidation sites excluding steroid dienone is 2. The van der Waals surface area contributed by atoms with Crippen molar-refractivity contribution in [2.24, 2.45) is 5.92 Å². The number of likely N-dealkylation sites (tertiary alicyclic amines) is 1. The summed E-state index contributed by atoms with van der Waals surface area (Å²) in [5, 5.41) is 18.3. The van der Waals surface area contributed by atoms with Crippen molar-refractivity contribution in [1.82, 2.24) is 20.9 Å². The molecule has 220 valence electrons. The van der Waals surface area contributed by atoms with E-state index < -0.39 is 60.6 Å². The van der Waals surface area contributed by atoms with Crippen LogP contribution in [-0.4, -0.2) is 90.8 Å². The summed E-state index contributed by atoms with van der Waals surface area (Å²) >= 11 is 0. The average Bonchev–Trinajstić information content (AvgIpc) is 3.41. The fraction of sp³-hybridized carbons (Fsp3) is 0.667. The number of nitrogens with zero attached hydrogens (tertiary/aromatic N) is 1. The molecule has 12 heteroatoms. The first kappa shape index (κ1) is 33.6. The normalized spacial score (nSPS) is 16.9. The van der Waals surface area contributed by atoms with E-state index in [1.807, 2.05) is 13.8 Å². The Morgan fingerprint density at radius 3 is 2.38 bits per heavy atom. The smallest absolute Gasteiger partial charge is 0.407 e. The zero-order chi connectivity index (χ0) is 29.4. The van der Waals surface area contributed by atoms with E-state index in [2.05, 4.69) is 33.8 Å². The summed E-state index contributed by atoms with van der Waals surface area (Å²) in [6.07, 6.45) is 4.07. The van der Waals surface area contributed by atoms with E-state index in [4.69, 9.17) is 4.74 Å². The fourth-order valence-electron chi connectivity index (χ4n) is 4.06. The third-order valence-electron chi connectivity index (χ3n) is 6.17. The van der Waals surface area contributed by atoms with Crippen LogP contribution in [0, 0.1) is 5.92 Å². The molecule has 12 nitrogen and oxygen atoms in total. The van der Waals surface area contributed by atoms with Gasteiger partial charge in [0.1, 0.15) is 18.6 Å². The van der Waals surface area contributed by atoms with Crippen LogP contribution in [0.5, 0.6) is 0 Å². The second-order valence-electron chi connectivity index (χ2n) is 9.82. The predicted molar refractivity (Wildman–Crippen MR) is 144 cm³/mol. The van der Waals surface area contributed by atoms with Gasteiger partial charge in [0.05, 0.1) is 19.8 Å². The van der Waals surface area contributed by atoms with Crippen molar-refractivity contribution in [2.75, 3.05) is 26.8 Å². The zero-order valence-electron chi connectivity index (χ0n) is 23.3. The predicted octanol–water partition coefficient (Wildman–Crippen LogP) is 1.19. The molecular formula is C27H44N4O8. The number of nitrogens with one attached hydrogen (secondary N) is 3. The van der Waals surface area contributed by atoms with Crippen LogP contribution in [0.3, 0.4) is 0 Å². The minimum absolute atomic E-state index is 0.127. The third kappa shape index (κ3) is 11.9. The summed E-state index contributed by atoms with van der Waals surface area (Å²) < 4.78 is 9.65. The molecule has 1 heterocycles. The summed E-state index contributed by atoms with van der Waals surface area (Å²) in [5.41, 5.74) is 0. The van der Waals surface area contributed by atoms with Crippen molar-refractivity contribution in [3.05, 3.63) is 25.3 Å². The van der Waals surface area contributed by atoms with Crippen molar-refractivity contribution in [3.63, 3.8) is 0 Å². The number of aliphatic hydroxyl groups excluding tert-OH is 1. The monoisotopic (exact) mass is 552 g/mol. The summed E-state index contributed by atoms with van der Waals surface area (Å²) in [6.45, 7) is 11.2. The third-order valence-corrected chi connectivity index (χ3v) is 6.17. The second-order valence-corrected chi connectivity index (χ2v) is 9.82. The lowest BCUT2D eigenvalue weighted by molar-refractivity contribution is -0.143. The highest BCUT2D eigenvalue weighted by atomic mass is 16.5. The van der Waals surface area contributed by atoms with Gasteiger partial charge in [-0.3, -0.25) is 19.2 Å². The van der Waals surface area contributed by atoms with Crippen molar-refractivity contribution in [3.8, 4) is 0 Å². The topological polar surface area (TPSA) is 163 Å². The van der Waals surface area contributed by atoms with Crippen LogP contribution in [0.2, 0.25) is 0 Å². The Kier molecular flexibility index (Phi) is 15.5. The lowest BCUT2D eigenvalue weighted by Crippen LogP contribution is -2.57. The standard InChI is InChI=1S/C27H44N4O8/c1-6-8-10-13-19(23(33)25(35)28-16-22(32)38-5)29-24(34)21-14-11-15-31(21)26(36)20(12-9-7-2)30-27(37)39-17-18(3)4/h6-7,18-21,23,33H,1-2,8-17H2,3-5H3,(H,28,35)(H,29,34)(H,30,37)/t19-,20-,21-,23?/m0/s1. The molecule has 0 aromatic rings. The van der Waals surface area contributed by atoms with Gasteiger partial charge in [-0.25, -0.2) is 4.79 Å². The van der Waals surface area contributed by atoms with Gasteiger partial charge in [0, 0.05) is 6.54 Å². The largest absolute Gasteiger partial charge is 0.468 e. The molecule has 0 saturated carbocycles. The van der Waals surface area contributed by atoms with E-state index in [0.29, 0.717) is 38.6 Å². The van der Waals surface area contributed by atoms with Crippen molar-refractivity contribution in [2.45, 2.75) is 83.0 Å². The Labute approximate surface area is 230 Å². The van der Waals surface area contributed by atoms with E-state index in [0.717, 1.165) is 0 Å². The molecule has 0 aromatic heterocycles. The van der Waals surface area contributed by atoms with Crippen molar-refractivity contribution < 1.29 is 38.6 Å². The molecule has 4 N–H and O–H groups in total. The Balaban J connectivity index is 2.97. The number of carbonyl (C=O) groups is 5. The first-order valence-corrected chi connectivity index (χ1v) is 13.3. The van der Waals surface area contributed by atoms with E-state index in [-0.39, 0.29) is 25.4 Å². The molecule has 0 aromatic carbocycles. The average molecular weight is 553 g/mol. The van der Waals surface area contributed by atoms with Crippen LogP contribution in [0.1, 0.15) is 58.8 Å². The van der Waals surface area contributed by atoms with Crippen LogP contribution in [0.15, 0.2) is 25.3 Å². The first-order valence-electron chi connectivity index (χ1n) is 13.3. The molecule has 4 amide bonds. The van der Waals surface area contributed by atoms with Crippen LogP contribution in [-0.2, 0) is 28.7 Å². The van der Waals surface area contributed by atoms with Gasteiger partial charge in [0.15, 0.2) is 6.10 Å². The number of alkyl carbamates (subject to hydrolysis) is 1. The molecule has 0 spiro atoms. The van der Waals surface area contributed by atoms with Crippen molar-refractivity contribution >= 4 is 29.8 Å². The van der Waals surface area contributed by atoms with E-state index >= 15 is 0 Å². The highest BCUT2D eigenvalue weighted by molar-refractivity contribution is 5.92. The van der Waals surface area contributed by atoms with Gasteiger partial charge >= 0.3 is 12.1 Å². The zero-order valence-corrected chi connectivity index (χ0v) is 23.3. The number of amides is 4. The first-order chi connectivity index (χ1) is 18.5. The minimum atomic E-state index is -1.63. The lowest BCUT2D eigenvalue weighted by atomic mass is 10.0. The second kappa shape index (κ2) is 18.0. The highest BCUT2D eigenvalue weighted by Gasteiger charge is 2.39.